The van der Waals surface area contributed by atoms with E-state index in [1.165, 1.54) is 6.07 Å². The molecule has 0 amide bonds. The fraction of sp³-hybridized carbons (Fsp3) is 0.400. The molecule has 1 aliphatic rings. The lowest BCUT2D eigenvalue weighted by Crippen LogP contribution is -2.17. The molecule has 1 aliphatic heterocycles. The Morgan fingerprint density at radius 3 is 2.69 bits per heavy atom. The van der Waals surface area contributed by atoms with Crippen molar-refractivity contribution in [3.63, 3.8) is 0 Å². The molecule has 0 aromatic heterocycles. The molecule has 0 saturated heterocycles. The molecule has 16 heavy (non-hydrogen) atoms. The first-order chi connectivity index (χ1) is 7.43. The van der Waals surface area contributed by atoms with Gasteiger partial charge in [0.15, 0.2) is 0 Å². The van der Waals surface area contributed by atoms with Crippen LogP contribution in [0.15, 0.2) is 12.1 Å². The molecule has 2 nitrogen and oxygen atoms in total. The first-order valence-electron chi connectivity index (χ1n) is 4.64. The smallest absolute Gasteiger partial charge is 0.417 e. The van der Waals surface area contributed by atoms with Crippen molar-refractivity contribution < 1.29 is 17.9 Å². The molecule has 1 unspecified atom stereocenters. The number of hydrogen-bond donors (Lipinski definition) is 1. The van der Waals surface area contributed by atoms with Crippen LogP contribution < -0.4 is 10.1 Å². The normalized spacial score (nSPS) is 19.4. The van der Waals surface area contributed by atoms with Crippen LogP contribution >= 0.6 is 11.6 Å². The van der Waals surface area contributed by atoms with Crippen LogP contribution in [0.1, 0.15) is 17.2 Å². The summed E-state index contributed by atoms with van der Waals surface area (Å²) >= 11 is 5.56. The van der Waals surface area contributed by atoms with Gasteiger partial charge >= 0.3 is 6.18 Å². The third-order valence-electron chi connectivity index (χ3n) is 2.53. The van der Waals surface area contributed by atoms with E-state index in [0.29, 0.717) is 17.9 Å². The second-order valence-corrected chi connectivity index (χ2v) is 3.93. The van der Waals surface area contributed by atoms with E-state index >= 15 is 0 Å². The molecule has 0 radical (unpaired) electrons. The summed E-state index contributed by atoms with van der Waals surface area (Å²) in [5.74, 6) is 0.414. The number of likely N-dealkylation sites (N-methyl/N-ethyl adjacent to an activating group) is 1. The largest absolute Gasteiger partial charge is 0.491 e. The van der Waals surface area contributed by atoms with Gasteiger partial charge in [-0.15, -0.1) is 0 Å². The van der Waals surface area contributed by atoms with Gasteiger partial charge in [-0.3, -0.25) is 0 Å². The lowest BCUT2D eigenvalue weighted by atomic mass is 10.0. The second kappa shape index (κ2) is 3.82. The van der Waals surface area contributed by atoms with Gasteiger partial charge in [-0.1, -0.05) is 11.6 Å². The summed E-state index contributed by atoms with van der Waals surface area (Å²) in [5, 5.41) is 2.55. The van der Waals surface area contributed by atoms with E-state index in [2.05, 4.69) is 5.32 Å². The number of rotatable bonds is 1. The van der Waals surface area contributed by atoms with E-state index in [0.717, 1.165) is 6.07 Å². The lowest BCUT2D eigenvalue weighted by molar-refractivity contribution is -0.137. The molecule has 88 valence electrons. The van der Waals surface area contributed by atoms with Crippen molar-refractivity contribution in [1.29, 1.82) is 0 Å². The van der Waals surface area contributed by atoms with Gasteiger partial charge in [0.1, 0.15) is 12.4 Å². The molecule has 0 aliphatic carbocycles. The maximum atomic E-state index is 12.6. The first-order valence-corrected chi connectivity index (χ1v) is 5.02. The Labute approximate surface area is 95.3 Å². The van der Waals surface area contributed by atoms with Crippen LogP contribution in [0.5, 0.6) is 5.75 Å². The van der Waals surface area contributed by atoms with Crippen molar-refractivity contribution in [2.45, 2.75) is 12.2 Å². The second-order valence-electron chi connectivity index (χ2n) is 3.52. The Hall–Kier alpha value is -0.940. The minimum atomic E-state index is -4.44. The quantitative estimate of drug-likeness (QED) is 0.828. The van der Waals surface area contributed by atoms with E-state index < -0.39 is 11.7 Å². The van der Waals surface area contributed by atoms with Crippen LogP contribution in [0.25, 0.3) is 0 Å². The maximum absolute atomic E-state index is 12.6. The molecule has 1 heterocycles. The number of hydrogen-bond acceptors (Lipinski definition) is 2. The van der Waals surface area contributed by atoms with Crippen molar-refractivity contribution in [3.05, 3.63) is 28.3 Å². The van der Waals surface area contributed by atoms with Gasteiger partial charge < -0.3 is 10.1 Å². The molecule has 1 aromatic carbocycles. The SMILES string of the molecule is CNC1COc2cc(Cl)c(C(F)(F)F)cc21. The Balaban J connectivity index is 2.51. The monoisotopic (exact) mass is 251 g/mol. The lowest BCUT2D eigenvalue weighted by Gasteiger charge is -2.12. The van der Waals surface area contributed by atoms with Crippen LogP contribution in [-0.2, 0) is 6.18 Å². The number of benzene rings is 1. The molecule has 0 fully saturated rings. The molecule has 6 heteroatoms. The molecular weight excluding hydrogens is 243 g/mol. The van der Waals surface area contributed by atoms with Gasteiger partial charge in [0.2, 0.25) is 0 Å². The number of alkyl halides is 3. The van der Waals surface area contributed by atoms with Crippen LogP contribution in [0, 0.1) is 0 Å². The third-order valence-corrected chi connectivity index (χ3v) is 2.85. The fourth-order valence-electron chi connectivity index (χ4n) is 1.69. The summed E-state index contributed by atoms with van der Waals surface area (Å²) in [6.45, 7) is 0.323. The molecule has 0 bridgehead atoms. The first kappa shape index (κ1) is 11.5. The summed E-state index contributed by atoms with van der Waals surface area (Å²) in [6, 6.07) is 2.05. The number of nitrogens with one attached hydrogen (secondary N) is 1. The van der Waals surface area contributed by atoms with Crippen molar-refractivity contribution >= 4 is 11.6 Å². The predicted molar refractivity (Wildman–Crippen MR) is 53.7 cm³/mol. The number of ether oxygens (including phenoxy) is 1. The zero-order chi connectivity index (χ0) is 11.9. The fourth-order valence-corrected chi connectivity index (χ4v) is 1.95. The molecule has 1 N–H and O–H groups in total. The van der Waals surface area contributed by atoms with Crippen LogP contribution in [0.3, 0.4) is 0 Å². The highest BCUT2D eigenvalue weighted by Gasteiger charge is 2.36. The van der Waals surface area contributed by atoms with Crippen molar-refractivity contribution in [2.24, 2.45) is 0 Å². The topological polar surface area (TPSA) is 21.3 Å². The Bertz CT molecular complexity index is 419. The van der Waals surface area contributed by atoms with E-state index in [1.54, 1.807) is 7.05 Å². The summed E-state index contributed by atoms with van der Waals surface area (Å²) in [4.78, 5) is 0. The molecule has 2 rings (SSSR count). The molecular formula is C10H9ClF3NO. The summed E-state index contributed by atoms with van der Waals surface area (Å²) < 4.78 is 43.0. The third kappa shape index (κ3) is 1.85. The van der Waals surface area contributed by atoms with Crippen LogP contribution in [0.2, 0.25) is 5.02 Å². The molecule has 0 saturated carbocycles. The van der Waals surface area contributed by atoms with Crippen molar-refractivity contribution in [1.82, 2.24) is 5.32 Å². The van der Waals surface area contributed by atoms with Crippen molar-refractivity contribution in [2.75, 3.05) is 13.7 Å². The van der Waals surface area contributed by atoms with Gasteiger partial charge in [-0.2, -0.15) is 13.2 Å². The standard InChI is InChI=1S/C10H9ClF3NO/c1-15-8-4-16-9-3-7(11)6(2-5(8)9)10(12,13)14/h2-3,8,15H,4H2,1H3. The molecule has 1 aromatic rings. The minimum absolute atomic E-state index is 0.214. The zero-order valence-corrected chi connectivity index (χ0v) is 9.12. The van der Waals surface area contributed by atoms with Gasteiger partial charge in [-0.25, -0.2) is 0 Å². The minimum Gasteiger partial charge on any atom is -0.491 e. The van der Waals surface area contributed by atoms with Gasteiger partial charge in [-0.05, 0) is 19.2 Å². The Kier molecular flexibility index (Phi) is 2.75. The highest BCUT2D eigenvalue weighted by atomic mass is 35.5. The summed E-state index contributed by atoms with van der Waals surface area (Å²) in [5.41, 5.74) is -0.321. The van der Waals surface area contributed by atoms with Crippen LogP contribution in [-0.4, -0.2) is 13.7 Å². The average Bonchev–Trinajstić information content (AvgIpc) is 2.56. The van der Waals surface area contributed by atoms with Crippen molar-refractivity contribution in [3.8, 4) is 5.75 Å². The van der Waals surface area contributed by atoms with E-state index in [-0.39, 0.29) is 11.1 Å². The highest BCUT2D eigenvalue weighted by Crippen LogP contribution is 2.42. The average molecular weight is 252 g/mol. The maximum Gasteiger partial charge on any atom is 0.417 e. The molecule has 1 atom stereocenters. The van der Waals surface area contributed by atoms with Gasteiger partial charge in [0.05, 0.1) is 16.6 Å². The van der Waals surface area contributed by atoms with E-state index in [9.17, 15) is 13.2 Å². The zero-order valence-electron chi connectivity index (χ0n) is 8.36. The summed E-state index contributed by atoms with van der Waals surface area (Å²) in [7, 11) is 1.67. The van der Waals surface area contributed by atoms with E-state index in [1.807, 2.05) is 0 Å². The Morgan fingerprint density at radius 1 is 1.44 bits per heavy atom. The van der Waals surface area contributed by atoms with Gasteiger partial charge in [0.25, 0.3) is 0 Å². The number of halogens is 4. The van der Waals surface area contributed by atoms with Gasteiger partial charge in [0, 0.05) is 5.56 Å². The number of fused-ring (bicyclic) bond motifs is 1. The predicted octanol–water partition coefficient (Wildman–Crippen LogP) is 3.01. The highest BCUT2D eigenvalue weighted by molar-refractivity contribution is 6.31. The summed E-state index contributed by atoms with van der Waals surface area (Å²) in [6.07, 6.45) is -4.44. The van der Waals surface area contributed by atoms with E-state index in [4.69, 9.17) is 16.3 Å². The molecule has 0 spiro atoms. The van der Waals surface area contributed by atoms with Crippen LogP contribution in [0.4, 0.5) is 13.2 Å². The Morgan fingerprint density at radius 2 is 2.12 bits per heavy atom.